The second-order valence-electron chi connectivity index (χ2n) is 3.85. The fourth-order valence-electron chi connectivity index (χ4n) is 1.69. The number of rotatable bonds is 5. The van der Waals surface area contributed by atoms with Crippen LogP contribution in [-0.4, -0.2) is 16.7 Å². The lowest BCUT2D eigenvalue weighted by Crippen LogP contribution is -2.23. The predicted octanol–water partition coefficient (Wildman–Crippen LogP) is 2.40. The van der Waals surface area contributed by atoms with Crippen LogP contribution in [-0.2, 0) is 0 Å². The van der Waals surface area contributed by atoms with E-state index in [1.165, 1.54) is 0 Å². The standard InChI is InChI=1S/C12H17N3O/c1-3-7-13-12(10-6-8-14-15-10)11-5-4-9(2)16-11/h4-6,8,12-13H,3,7H2,1-2H3,(H,14,15). The van der Waals surface area contributed by atoms with Crippen LogP contribution in [0.25, 0.3) is 0 Å². The van der Waals surface area contributed by atoms with Crippen LogP contribution in [0.5, 0.6) is 0 Å². The third kappa shape index (κ3) is 2.33. The molecule has 86 valence electrons. The van der Waals surface area contributed by atoms with Crippen molar-refractivity contribution < 1.29 is 4.42 Å². The molecule has 0 spiro atoms. The van der Waals surface area contributed by atoms with E-state index in [1.54, 1.807) is 6.20 Å². The maximum absolute atomic E-state index is 5.66. The first kappa shape index (κ1) is 11.0. The van der Waals surface area contributed by atoms with Crippen LogP contribution >= 0.6 is 0 Å². The van der Waals surface area contributed by atoms with Gasteiger partial charge in [0.15, 0.2) is 0 Å². The van der Waals surface area contributed by atoms with Crippen LogP contribution in [0.4, 0.5) is 0 Å². The summed E-state index contributed by atoms with van der Waals surface area (Å²) in [5.41, 5.74) is 1.03. The average molecular weight is 219 g/mol. The summed E-state index contributed by atoms with van der Waals surface area (Å²) in [5.74, 6) is 1.85. The summed E-state index contributed by atoms with van der Waals surface area (Å²) in [5, 5.41) is 10.4. The molecule has 0 saturated carbocycles. The van der Waals surface area contributed by atoms with Crippen molar-refractivity contribution >= 4 is 0 Å². The topological polar surface area (TPSA) is 53.9 Å². The van der Waals surface area contributed by atoms with E-state index in [0.717, 1.165) is 30.2 Å². The summed E-state index contributed by atoms with van der Waals surface area (Å²) < 4.78 is 5.66. The Morgan fingerprint density at radius 2 is 2.31 bits per heavy atom. The zero-order valence-corrected chi connectivity index (χ0v) is 9.66. The minimum absolute atomic E-state index is 0.0659. The number of aryl methyl sites for hydroxylation is 1. The van der Waals surface area contributed by atoms with Crippen molar-refractivity contribution in [3.8, 4) is 0 Å². The lowest BCUT2D eigenvalue weighted by Gasteiger charge is -2.14. The Hall–Kier alpha value is -1.55. The van der Waals surface area contributed by atoms with Crippen molar-refractivity contribution in [1.82, 2.24) is 15.5 Å². The molecule has 16 heavy (non-hydrogen) atoms. The van der Waals surface area contributed by atoms with Gasteiger partial charge >= 0.3 is 0 Å². The van der Waals surface area contributed by atoms with Gasteiger partial charge < -0.3 is 9.73 Å². The summed E-state index contributed by atoms with van der Waals surface area (Å²) in [6.45, 7) is 5.04. The molecule has 4 heteroatoms. The Bertz CT molecular complexity index is 419. The highest BCUT2D eigenvalue weighted by molar-refractivity contribution is 5.20. The molecule has 4 nitrogen and oxygen atoms in total. The number of aromatic amines is 1. The molecule has 2 heterocycles. The van der Waals surface area contributed by atoms with Crippen LogP contribution < -0.4 is 5.32 Å². The first-order chi connectivity index (χ1) is 7.81. The van der Waals surface area contributed by atoms with Crippen LogP contribution in [0.2, 0.25) is 0 Å². The lowest BCUT2D eigenvalue weighted by atomic mass is 10.1. The van der Waals surface area contributed by atoms with E-state index in [9.17, 15) is 0 Å². The molecule has 0 bridgehead atoms. The molecule has 2 N–H and O–H groups in total. The molecule has 0 aliphatic rings. The van der Waals surface area contributed by atoms with Gasteiger partial charge in [-0.25, -0.2) is 0 Å². The highest BCUT2D eigenvalue weighted by Crippen LogP contribution is 2.21. The Kier molecular flexibility index (Phi) is 3.41. The fraction of sp³-hybridized carbons (Fsp3) is 0.417. The van der Waals surface area contributed by atoms with E-state index >= 15 is 0 Å². The molecule has 0 aliphatic heterocycles. The van der Waals surface area contributed by atoms with E-state index in [-0.39, 0.29) is 6.04 Å². The summed E-state index contributed by atoms with van der Waals surface area (Å²) in [6, 6.07) is 6.01. The van der Waals surface area contributed by atoms with Gasteiger partial charge in [-0.05, 0) is 38.1 Å². The smallest absolute Gasteiger partial charge is 0.127 e. The summed E-state index contributed by atoms with van der Waals surface area (Å²) in [7, 11) is 0. The number of nitrogens with one attached hydrogen (secondary N) is 2. The zero-order valence-electron chi connectivity index (χ0n) is 9.66. The van der Waals surface area contributed by atoms with Gasteiger partial charge in [0.1, 0.15) is 17.6 Å². The van der Waals surface area contributed by atoms with Gasteiger partial charge in [-0.1, -0.05) is 6.92 Å². The largest absolute Gasteiger partial charge is 0.464 e. The Morgan fingerprint density at radius 3 is 2.88 bits per heavy atom. The van der Waals surface area contributed by atoms with Crippen LogP contribution in [0, 0.1) is 6.92 Å². The molecular formula is C12H17N3O. The maximum atomic E-state index is 5.66. The maximum Gasteiger partial charge on any atom is 0.127 e. The van der Waals surface area contributed by atoms with Gasteiger partial charge in [-0.2, -0.15) is 5.10 Å². The second kappa shape index (κ2) is 4.99. The van der Waals surface area contributed by atoms with Gasteiger partial charge in [-0.15, -0.1) is 0 Å². The van der Waals surface area contributed by atoms with Crippen molar-refractivity contribution in [1.29, 1.82) is 0 Å². The normalized spacial score (nSPS) is 12.9. The van der Waals surface area contributed by atoms with Crippen LogP contribution in [0.3, 0.4) is 0 Å². The van der Waals surface area contributed by atoms with E-state index in [1.807, 2.05) is 25.1 Å². The molecule has 0 radical (unpaired) electrons. The highest BCUT2D eigenvalue weighted by atomic mass is 16.3. The second-order valence-corrected chi connectivity index (χ2v) is 3.85. The third-order valence-electron chi connectivity index (χ3n) is 2.48. The van der Waals surface area contributed by atoms with Crippen LogP contribution in [0.1, 0.15) is 36.6 Å². The van der Waals surface area contributed by atoms with Crippen molar-refractivity contribution in [2.24, 2.45) is 0 Å². The quantitative estimate of drug-likeness (QED) is 0.811. The first-order valence-electron chi connectivity index (χ1n) is 5.60. The molecule has 2 aromatic heterocycles. The van der Waals surface area contributed by atoms with E-state index in [0.29, 0.717) is 0 Å². The molecule has 0 amide bonds. The number of aromatic nitrogens is 2. The molecule has 1 unspecified atom stereocenters. The van der Waals surface area contributed by atoms with E-state index < -0.39 is 0 Å². The minimum Gasteiger partial charge on any atom is -0.464 e. The molecule has 2 aromatic rings. The lowest BCUT2D eigenvalue weighted by molar-refractivity contribution is 0.426. The van der Waals surface area contributed by atoms with Gasteiger partial charge in [0.25, 0.3) is 0 Å². The Balaban J connectivity index is 2.21. The number of furan rings is 1. The van der Waals surface area contributed by atoms with Crippen molar-refractivity contribution in [3.05, 3.63) is 41.6 Å². The Labute approximate surface area is 95.1 Å². The third-order valence-corrected chi connectivity index (χ3v) is 2.48. The van der Waals surface area contributed by atoms with Gasteiger partial charge in [0.2, 0.25) is 0 Å². The SMILES string of the molecule is CCCNC(c1ccn[nH]1)c1ccc(C)o1. The minimum atomic E-state index is 0.0659. The highest BCUT2D eigenvalue weighted by Gasteiger charge is 2.17. The number of hydrogen-bond acceptors (Lipinski definition) is 3. The molecule has 0 aliphatic carbocycles. The molecular weight excluding hydrogens is 202 g/mol. The zero-order chi connectivity index (χ0) is 11.4. The fourth-order valence-corrected chi connectivity index (χ4v) is 1.69. The predicted molar refractivity (Wildman–Crippen MR) is 62.2 cm³/mol. The number of H-pyrrole nitrogens is 1. The molecule has 0 fully saturated rings. The van der Waals surface area contributed by atoms with E-state index in [4.69, 9.17) is 4.42 Å². The summed E-state index contributed by atoms with van der Waals surface area (Å²) >= 11 is 0. The molecule has 0 aromatic carbocycles. The van der Waals surface area contributed by atoms with Crippen molar-refractivity contribution in [2.75, 3.05) is 6.54 Å². The van der Waals surface area contributed by atoms with Crippen molar-refractivity contribution in [3.63, 3.8) is 0 Å². The monoisotopic (exact) mass is 219 g/mol. The number of nitrogens with zero attached hydrogens (tertiary/aromatic N) is 1. The van der Waals surface area contributed by atoms with Crippen molar-refractivity contribution in [2.45, 2.75) is 26.3 Å². The van der Waals surface area contributed by atoms with Gasteiger partial charge in [-0.3, -0.25) is 5.10 Å². The number of hydrogen-bond donors (Lipinski definition) is 2. The average Bonchev–Trinajstić information content (AvgIpc) is 2.91. The molecule has 2 rings (SSSR count). The molecule has 0 saturated heterocycles. The summed E-state index contributed by atoms with van der Waals surface area (Å²) in [4.78, 5) is 0. The van der Waals surface area contributed by atoms with Gasteiger partial charge in [0.05, 0.1) is 5.69 Å². The van der Waals surface area contributed by atoms with Gasteiger partial charge in [0, 0.05) is 6.20 Å². The molecule has 1 atom stereocenters. The van der Waals surface area contributed by atoms with Crippen LogP contribution in [0.15, 0.2) is 28.8 Å². The first-order valence-corrected chi connectivity index (χ1v) is 5.60. The Morgan fingerprint density at radius 1 is 1.44 bits per heavy atom. The summed E-state index contributed by atoms with van der Waals surface area (Å²) in [6.07, 6.45) is 2.84. The van der Waals surface area contributed by atoms with E-state index in [2.05, 4.69) is 22.4 Å².